The molecule has 0 amide bonds. The summed E-state index contributed by atoms with van der Waals surface area (Å²) in [5, 5.41) is 0. The van der Waals surface area contributed by atoms with Crippen molar-refractivity contribution in [3.63, 3.8) is 0 Å². The topological polar surface area (TPSA) is 9.23 Å². The molecule has 0 atom stereocenters. The van der Waals surface area contributed by atoms with Gasteiger partial charge in [-0.05, 0) is 48.9 Å². The lowest BCUT2D eigenvalue weighted by Crippen LogP contribution is -2.02. The van der Waals surface area contributed by atoms with E-state index in [0.29, 0.717) is 13.2 Å². The van der Waals surface area contributed by atoms with Crippen LogP contribution in [0, 0.1) is 13.8 Å². The van der Waals surface area contributed by atoms with Crippen molar-refractivity contribution in [2.24, 2.45) is 0 Å². The molecule has 1 nitrogen and oxygen atoms in total. The zero-order chi connectivity index (χ0) is 16.7. The SMILES string of the molecule is CCCc1cc(C)ccc1COCc1ccc(C)cc1CCC. The predicted octanol–water partition coefficient (Wildman–Crippen LogP) is 5.93. The van der Waals surface area contributed by atoms with Crippen molar-refractivity contribution in [3.8, 4) is 0 Å². The first kappa shape index (κ1) is 17.7. The van der Waals surface area contributed by atoms with Crippen molar-refractivity contribution in [1.29, 1.82) is 0 Å². The first-order chi connectivity index (χ1) is 11.1. The largest absolute Gasteiger partial charge is 0.372 e. The van der Waals surface area contributed by atoms with E-state index in [1.165, 1.54) is 46.2 Å². The third-order valence-electron chi connectivity index (χ3n) is 4.28. The second kappa shape index (κ2) is 8.88. The molecule has 0 heterocycles. The summed E-state index contributed by atoms with van der Waals surface area (Å²) in [6.45, 7) is 10.2. The molecule has 0 radical (unpaired) electrons. The van der Waals surface area contributed by atoms with Crippen molar-refractivity contribution in [3.05, 3.63) is 69.8 Å². The first-order valence-electron chi connectivity index (χ1n) is 8.88. The van der Waals surface area contributed by atoms with Crippen LogP contribution in [0.15, 0.2) is 36.4 Å². The minimum absolute atomic E-state index is 0.703. The molecule has 23 heavy (non-hydrogen) atoms. The Kier molecular flexibility index (Phi) is 6.85. The van der Waals surface area contributed by atoms with Gasteiger partial charge < -0.3 is 4.74 Å². The fraction of sp³-hybridized carbons (Fsp3) is 0.455. The minimum Gasteiger partial charge on any atom is -0.372 e. The van der Waals surface area contributed by atoms with E-state index in [1.54, 1.807) is 0 Å². The molecule has 0 fully saturated rings. The Balaban J connectivity index is 2.03. The van der Waals surface area contributed by atoms with Crippen LogP contribution >= 0.6 is 0 Å². The number of rotatable bonds is 8. The maximum absolute atomic E-state index is 6.06. The number of hydrogen-bond acceptors (Lipinski definition) is 1. The monoisotopic (exact) mass is 310 g/mol. The van der Waals surface area contributed by atoms with Gasteiger partial charge in [0.05, 0.1) is 13.2 Å². The van der Waals surface area contributed by atoms with E-state index in [4.69, 9.17) is 4.74 Å². The summed E-state index contributed by atoms with van der Waals surface area (Å²) >= 11 is 0. The van der Waals surface area contributed by atoms with Crippen LogP contribution in [-0.4, -0.2) is 0 Å². The lowest BCUT2D eigenvalue weighted by molar-refractivity contribution is 0.106. The highest BCUT2D eigenvalue weighted by Crippen LogP contribution is 2.18. The zero-order valence-corrected chi connectivity index (χ0v) is 15.1. The second-order valence-electron chi connectivity index (χ2n) is 6.54. The molecule has 0 saturated heterocycles. The molecule has 0 aliphatic rings. The minimum atomic E-state index is 0.703. The molecule has 0 aliphatic heterocycles. The normalized spacial score (nSPS) is 11.0. The van der Waals surface area contributed by atoms with Gasteiger partial charge in [-0.3, -0.25) is 0 Å². The Morgan fingerprint density at radius 2 is 1.09 bits per heavy atom. The Morgan fingerprint density at radius 3 is 1.48 bits per heavy atom. The Bertz CT molecular complexity index is 572. The first-order valence-corrected chi connectivity index (χ1v) is 8.88. The van der Waals surface area contributed by atoms with Gasteiger partial charge in [-0.2, -0.15) is 0 Å². The van der Waals surface area contributed by atoms with E-state index in [9.17, 15) is 0 Å². The molecule has 0 spiro atoms. The molecular formula is C22H30O. The van der Waals surface area contributed by atoms with E-state index in [-0.39, 0.29) is 0 Å². The molecule has 1 heteroatoms. The zero-order valence-electron chi connectivity index (χ0n) is 15.1. The third-order valence-corrected chi connectivity index (χ3v) is 4.28. The summed E-state index contributed by atoms with van der Waals surface area (Å²) in [5.74, 6) is 0. The van der Waals surface area contributed by atoms with Crippen molar-refractivity contribution >= 4 is 0 Å². The van der Waals surface area contributed by atoms with Crippen LogP contribution in [-0.2, 0) is 30.8 Å². The average Bonchev–Trinajstić information content (AvgIpc) is 2.52. The number of hydrogen-bond donors (Lipinski definition) is 0. The average molecular weight is 310 g/mol. The van der Waals surface area contributed by atoms with E-state index < -0.39 is 0 Å². The van der Waals surface area contributed by atoms with Gasteiger partial charge in [0.15, 0.2) is 0 Å². The Hall–Kier alpha value is -1.60. The molecule has 2 aromatic carbocycles. The standard InChI is InChI=1S/C22H30O/c1-5-7-19-13-17(3)9-11-21(19)15-23-16-22-12-10-18(4)14-20(22)8-6-2/h9-14H,5-8,15-16H2,1-4H3. The van der Waals surface area contributed by atoms with Crippen LogP contribution in [0.25, 0.3) is 0 Å². The van der Waals surface area contributed by atoms with Gasteiger partial charge in [0.2, 0.25) is 0 Å². The lowest BCUT2D eigenvalue weighted by atomic mass is 10.0. The van der Waals surface area contributed by atoms with Crippen LogP contribution in [0.1, 0.15) is 60.1 Å². The molecule has 0 saturated carbocycles. The summed E-state index contributed by atoms with van der Waals surface area (Å²) in [6.07, 6.45) is 4.61. The molecule has 0 aromatic heterocycles. The molecule has 0 aliphatic carbocycles. The quantitative estimate of drug-likeness (QED) is 0.587. The molecule has 0 unspecified atom stereocenters. The summed E-state index contributed by atoms with van der Waals surface area (Å²) in [7, 11) is 0. The number of aryl methyl sites for hydroxylation is 4. The summed E-state index contributed by atoms with van der Waals surface area (Å²) in [4.78, 5) is 0. The molecular weight excluding hydrogens is 280 g/mol. The molecule has 0 bridgehead atoms. The van der Waals surface area contributed by atoms with Crippen molar-refractivity contribution in [1.82, 2.24) is 0 Å². The van der Waals surface area contributed by atoms with Crippen LogP contribution < -0.4 is 0 Å². The Labute approximate surface area is 141 Å². The van der Waals surface area contributed by atoms with Gasteiger partial charge in [-0.1, -0.05) is 74.2 Å². The van der Waals surface area contributed by atoms with Gasteiger partial charge in [0.25, 0.3) is 0 Å². The lowest BCUT2D eigenvalue weighted by Gasteiger charge is -2.13. The van der Waals surface area contributed by atoms with Gasteiger partial charge in [0, 0.05) is 0 Å². The highest BCUT2D eigenvalue weighted by Gasteiger charge is 2.06. The van der Waals surface area contributed by atoms with Gasteiger partial charge in [-0.25, -0.2) is 0 Å². The maximum atomic E-state index is 6.06. The fourth-order valence-electron chi connectivity index (χ4n) is 3.07. The van der Waals surface area contributed by atoms with E-state index in [1.807, 2.05) is 0 Å². The smallest absolute Gasteiger partial charge is 0.0724 e. The number of benzene rings is 2. The molecule has 2 aromatic rings. The highest BCUT2D eigenvalue weighted by atomic mass is 16.5. The van der Waals surface area contributed by atoms with E-state index in [0.717, 1.165) is 12.8 Å². The highest BCUT2D eigenvalue weighted by molar-refractivity contribution is 5.32. The van der Waals surface area contributed by atoms with E-state index >= 15 is 0 Å². The molecule has 2 rings (SSSR count). The van der Waals surface area contributed by atoms with Gasteiger partial charge in [0.1, 0.15) is 0 Å². The number of ether oxygens (including phenoxy) is 1. The van der Waals surface area contributed by atoms with Crippen LogP contribution in [0.4, 0.5) is 0 Å². The molecule has 124 valence electrons. The summed E-state index contributed by atoms with van der Waals surface area (Å²) in [5.41, 5.74) is 8.21. The van der Waals surface area contributed by atoms with Crippen LogP contribution in [0.5, 0.6) is 0 Å². The van der Waals surface area contributed by atoms with Crippen molar-refractivity contribution < 1.29 is 4.74 Å². The van der Waals surface area contributed by atoms with Crippen molar-refractivity contribution in [2.75, 3.05) is 0 Å². The van der Waals surface area contributed by atoms with Gasteiger partial charge in [-0.15, -0.1) is 0 Å². The van der Waals surface area contributed by atoms with E-state index in [2.05, 4.69) is 64.1 Å². The predicted molar refractivity (Wildman–Crippen MR) is 98.8 cm³/mol. The third kappa shape index (κ3) is 5.21. The maximum Gasteiger partial charge on any atom is 0.0724 e. The summed E-state index contributed by atoms with van der Waals surface area (Å²) in [6, 6.07) is 13.4. The Morgan fingerprint density at radius 1 is 0.652 bits per heavy atom. The van der Waals surface area contributed by atoms with Gasteiger partial charge >= 0.3 is 0 Å². The van der Waals surface area contributed by atoms with Crippen molar-refractivity contribution in [2.45, 2.75) is 66.6 Å². The second-order valence-corrected chi connectivity index (χ2v) is 6.54. The fourth-order valence-corrected chi connectivity index (χ4v) is 3.07. The summed E-state index contributed by atoms with van der Waals surface area (Å²) < 4.78 is 6.06. The van der Waals surface area contributed by atoms with Crippen LogP contribution in [0.2, 0.25) is 0 Å². The molecule has 0 N–H and O–H groups in total. The van der Waals surface area contributed by atoms with Crippen LogP contribution in [0.3, 0.4) is 0 Å².